The largest absolute Gasteiger partial charge is 0.397 e. The Morgan fingerprint density at radius 3 is 2.75 bits per heavy atom. The van der Waals surface area contributed by atoms with Crippen molar-refractivity contribution in [2.45, 2.75) is 65.0 Å². The quantitative estimate of drug-likeness (QED) is 0.830. The fourth-order valence-corrected chi connectivity index (χ4v) is 2.54. The van der Waals surface area contributed by atoms with Crippen molar-refractivity contribution < 1.29 is 4.79 Å². The van der Waals surface area contributed by atoms with Gasteiger partial charge in [-0.15, -0.1) is 0 Å². The number of anilines is 1. The highest BCUT2D eigenvalue weighted by Crippen LogP contribution is 2.37. The Bertz CT molecular complexity index is 462. The fourth-order valence-electron chi connectivity index (χ4n) is 2.54. The van der Waals surface area contributed by atoms with Crippen molar-refractivity contribution in [2.24, 2.45) is 0 Å². The van der Waals surface area contributed by atoms with Gasteiger partial charge in [0, 0.05) is 24.8 Å². The molecule has 4 nitrogen and oxygen atoms in total. The third-order valence-electron chi connectivity index (χ3n) is 4.17. The second-order valence-electron chi connectivity index (χ2n) is 5.91. The van der Waals surface area contributed by atoms with E-state index in [-0.39, 0.29) is 11.9 Å². The minimum Gasteiger partial charge on any atom is -0.397 e. The first kappa shape index (κ1) is 14.9. The van der Waals surface area contributed by atoms with Crippen LogP contribution in [0.1, 0.15) is 69.4 Å². The number of hydrogen-bond donors (Lipinski definition) is 1. The Balaban J connectivity index is 2.21. The van der Waals surface area contributed by atoms with Gasteiger partial charge in [0.1, 0.15) is 5.69 Å². The van der Waals surface area contributed by atoms with Crippen molar-refractivity contribution in [3.05, 3.63) is 18.0 Å². The average Bonchev–Trinajstić information content (AvgIpc) is 3.21. The number of nitrogens with two attached hydrogens (primary N) is 1. The monoisotopic (exact) mass is 277 g/mol. The highest BCUT2D eigenvalue weighted by Gasteiger charge is 2.30. The third-order valence-corrected chi connectivity index (χ3v) is 4.17. The zero-order valence-corrected chi connectivity index (χ0v) is 12.9. The Morgan fingerprint density at radius 1 is 1.50 bits per heavy atom. The van der Waals surface area contributed by atoms with Crippen molar-refractivity contribution in [1.29, 1.82) is 0 Å². The standard InChI is InChI=1S/C16H27N3O/c1-4-6-9-18(12(3)5-2)16(20)15-10-13(17)11-19(15)14-7-8-14/h10-12,14H,4-9,17H2,1-3H3. The number of nitrogen functional groups attached to an aromatic ring is 1. The van der Waals surface area contributed by atoms with Gasteiger partial charge in [0.2, 0.25) is 0 Å². The molecule has 1 aromatic heterocycles. The summed E-state index contributed by atoms with van der Waals surface area (Å²) in [7, 11) is 0. The molecule has 20 heavy (non-hydrogen) atoms. The molecule has 2 N–H and O–H groups in total. The Morgan fingerprint density at radius 2 is 2.20 bits per heavy atom. The molecule has 4 heteroatoms. The van der Waals surface area contributed by atoms with Crippen LogP contribution in [0.5, 0.6) is 0 Å². The molecular weight excluding hydrogens is 250 g/mol. The zero-order chi connectivity index (χ0) is 14.7. The lowest BCUT2D eigenvalue weighted by molar-refractivity contribution is 0.0674. The maximum Gasteiger partial charge on any atom is 0.270 e. The second-order valence-corrected chi connectivity index (χ2v) is 5.91. The van der Waals surface area contributed by atoms with Crippen molar-refractivity contribution in [3.8, 4) is 0 Å². The molecule has 2 rings (SSSR count). The minimum absolute atomic E-state index is 0.136. The maximum atomic E-state index is 12.9. The van der Waals surface area contributed by atoms with Gasteiger partial charge in [0.05, 0.1) is 5.69 Å². The van der Waals surface area contributed by atoms with Crippen molar-refractivity contribution in [3.63, 3.8) is 0 Å². The van der Waals surface area contributed by atoms with Gasteiger partial charge in [-0.05, 0) is 38.7 Å². The summed E-state index contributed by atoms with van der Waals surface area (Å²) >= 11 is 0. The average molecular weight is 277 g/mol. The molecule has 0 bridgehead atoms. The normalized spacial score (nSPS) is 16.1. The number of hydrogen-bond acceptors (Lipinski definition) is 2. The first-order valence-electron chi connectivity index (χ1n) is 7.86. The van der Waals surface area contributed by atoms with E-state index in [1.807, 2.05) is 17.2 Å². The van der Waals surface area contributed by atoms with Gasteiger partial charge in [-0.25, -0.2) is 0 Å². The molecule has 1 heterocycles. The second kappa shape index (κ2) is 6.33. The summed E-state index contributed by atoms with van der Waals surface area (Å²) < 4.78 is 2.08. The Kier molecular flexibility index (Phi) is 4.73. The molecule has 0 aromatic carbocycles. The summed E-state index contributed by atoms with van der Waals surface area (Å²) in [6, 6.07) is 2.59. The van der Waals surface area contributed by atoms with E-state index in [1.165, 1.54) is 0 Å². The molecule has 1 saturated carbocycles. The van der Waals surface area contributed by atoms with Crippen LogP contribution in [0.25, 0.3) is 0 Å². The van der Waals surface area contributed by atoms with Crippen LogP contribution in [0.2, 0.25) is 0 Å². The molecule has 1 aliphatic rings. The van der Waals surface area contributed by atoms with Crippen LogP contribution in [0.4, 0.5) is 5.69 Å². The minimum atomic E-state index is 0.136. The van der Waals surface area contributed by atoms with E-state index in [1.54, 1.807) is 0 Å². The van der Waals surface area contributed by atoms with E-state index in [0.29, 0.717) is 11.7 Å². The van der Waals surface area contributed by atoms with Gasteiger partial charge in [0.15, 0.2) is 0 Å². The molecule has 1 fully saturated rings. The molecule has 1 aromatic rings. The molecule has 1 unspecified atom stereocenters. The Hall–Kier alpha value is -1.45. The molecule has 1 amide bonds. The predicted molar refractivity (Wildman–Crippen MR) is 82.8 cm³/mol. The van der Waals surface area contributed by atoms with Gasteiger partial charge in [0.25, 0.3) is 5.91 Å². The summed E-state index contributed by atoms with van der Waals surface area (Å²) in [6.45, 7) is 7.25. The van der Waals surface area contributed by atoms with Crippen LogP contribution >= 0.6 is 0 Å². The lowest BCUT2D eigenvalue weighted by Crippen LogP contribution is -2.39. The van der Waals surface area contributed by atoms with Crippen LogP contribution in [0, 0.1) is 0 Å². The fraction of sp³-hybridized carbons (Fsp3) is 0.688. The summed E-state index contributed by atoms with van der Waals surface area (Å²) in [6.07, 6.45) is 7.37. The molecule has 0 spiro atoms. The number of nitrogens with zero attached hydrogens (tertiary/aromatic N) is 2. The highest BCUT2D eigenvalue weighted by molar-refractivity contribution is 5.94. The first-order valence-corrected chi connectivity index (χ1v) is 7.86. The van der Waals surface area contributed by atoms with Gasteiger partial charge in [-0.2, -0.15) is 0 Å². The molecule has 0 radical (unpaired) electrons. The summed E-state index contributed by atoms with van der Waals surface area (Å²) in [5.41, 5.74) is 7.36. The van der Waals surface area contributed by atoms with Crippen LogP contribution in [0.15, 0.2) is 12.3 Å². The molecule has 112 valence electrons. The number of rotatable bonds is 7. The lowest BCUT2D eigenvalue weighted by Gasteiger charge is -2.29. The van der Waals surface area contributed by atoms with Crippen LogP contribution in [0.3, 0.4) is 0 Å². The summed E-state index contributed by atoms with van der Waals surface area (Å²) in [5, 5.41) is 0. The topological polar surface area (TPSA) is 51.3 Å². The smallest absolute Gasteiger partial charge is 0.270 e. The molecule has 1 atom stereocenters. The number of carbonyl (C=O) groups is 1. The predicted octanol–water partition coefficient (Wildman–Crippen LogP) is 3.45. The summed E-state index contributed by atoms with van der Waals surface area (Å²) in [5.74, 6) is 0.136. The number of carbonyl (C=O) groups excluding carboxylic acids is 1. The van der Waals surface area contributed by atoms with Crippen molar-refractivity contribution in [2.75, 3.05) is 12.3 Å². The van der Waals surface area contributed by atoms with Crippen LogP contribution in [-0.2, 0) is 0 Å². The van der Waals surface area contributed by atoms with E-state index in [2.05, 4.69) is 25.3 Å². The van der Waals surface area contributed by atoms with Gasteiger partial charge >= 0.3 is 0 Å². The van der Waals surface area contributed by atoms with E-state index < -0.39 is 0 Å². The van der Waals surface area contributed by atoms with Gasteiger partial charge in [-0.3, -0.25) is 4.79 Å². The molecular formula is C16H27N3O. The first-order chi connectivity index (χ1) is 9.58. The van der Waals surface area contributed by atoms with E-state index in [0.717, 1.165) is 44.3 Å². The third kappa shape index (κ3) is 3.17. The SMILES string of the molecule is CCCCN(C(=O)c1cc(N)cn1C1CC1)C(C)CC. The zero-order valence-electron chi connectivity index (χ0n) is 12.9. The number of unbranched alkanes of at least 4 members (excludes halogenated alkanes) is 1. The van der Waals surface area contributed by atoms with E-state index in [9.17, 15) is 4.79 Å². The molecule has 0 saturated heterocycles. The number of amides is 1. The lowest BCUT2D eigenvalue weighted by atomic mass is 10.1. The molecule has 0 aliphatic heterocycles. The van der Waals surface area contributed by atoms with Gasteiger partial charge < -0.3 is 15.2 Å². The van der Waals surface area contributed by atoms with Crippen molar-refractivity contribution >= 4 is 11.6 Å². The number of aromatic nitrogens is 1. The maximum absolute atomic E-state index is 12.9. The van der Waals surface area contributed by atoms with Gasteiger partial charge in [-0.1, -0.05) is 20.3 Å². The van der Waals surface area contributed by atoms with E-state index >= 15 is 0 Å². The molecule has 1 aliphatic carbocycles. The summed E-state index contributed by atoms with van der Waals surface area (Å²) in [4.78, 5) is 14.9. The van der Waals surface area contributed by atoms with Crippen LogP contribution < -0.4 is 5.73 Å². The highest BCUT2D eigenvalue weighted by atomic mass is 16.2. The van der Waals surface area contributed by atoms with Crippen molar-refractivity contribution in [1.82, 2.24) is 9.47 Å². The Labute approximate surface area is 121 Å². The van der Waals surface area contributed by atoms with Crippen LogP contribution in [-0.4, -0.2) is 28.0 Å². The van der Waals surface area contributed by atoms with E-state index in [4.69, 9.17) is 5.73 Å².